The Bertz CT molecular complexity index is 1510. The Balaban J connectivity index is 1.42. The number of ether oxygens (including phenoxy) is 2. The second kappa shape index (κ2) is 11.0. The molecule has 0 radical (unpaired) electrons. The molecular weight excluding hydrogens is 513 g/mol. The lowest BCUT2D eigenvalue weighted by molar-refractivity contribution is 0.0247. The Morgan fingerprint density at radius 3 is 2.95 bits per heavy atom. The molecule has 0 bridgehead atoms. The van der Waals surface area contributed by atoms with Crippen LogP contribution in [0.1, 0.15) is 17.2 Å². The minimum atomic E-state index is -0.882. The lowest BCUT2D eigenvalue weighted by Gasteiger charge is -2.33. The van der Waals surface area contributed by atoms with Crippen molar-refractivity contribution in [3.8, 4) is 17.1 Å². The Hall–Kier alpha value is -3.60. The molecule has 2 aromatic carbocycles. The van der Waals surface area contributed by atoms with Crippen molar-refractivity contribution in [3.05, 3.63) is 69.1 Å². The predicted molar refractivity (Wildman–Crippen MR) is 146 cm³/mol. The first-order valence-corrected chi connectivity index (χ1v) is 12.7. The van der Waals surface area contributed by atoms with Crippen molar-refractivity contribution in [2.45, 2.75) is 19.1 Å². The van der Waals surface area contributed by atoms with Gasteiger partial charge in [0.05, 0.1) is 41.6 Å². The third-order valence-corrected chi connectivity index (χ3v) is 6.98. The molecule has 9 nitrogen and oxygen atoms in total. The summed E-state index contributed by atoms with van der Waals surface area (Å²) in [5.74, 6) is 0.918. The lowest BCUT2D eigenvalue weighted by Crippen LogP contribution is -2.43. The molecule has 200 valence electrons. The maximum Gasteiger partial charge on any atom is 0.261 e. The standard InChI is InChI=1S/C27H29ClFN5O4/c1-15-9-17(34-7-8-38-18(12-29)14-34)11-21-25(15)33-26(32-21)24-20(5-6-30-27(24)36)31-13-22(35)16-3-4-23(37-2)19(28)10-16/h3-6,9-11,18,22,35H,7-8,12-14H2,1-2H3,(H,32,33)(H2,30,31,36)/t18-,22-/m0/s1. The van der Waals surface area contributed by atoms with Crippen LogP contribution in [0, 0.1) is 6.92 Å². The summed E-state index contributed by atoms with van der Waals surface area (Å²) >= 11 is 6.20. The van der Waals surface area contributed by atoms with Crippen LogP contribution in [0.4, 0.5) is 15.8 Å². The molecule has 5 rings (SSSR count). The van der Waals surface area contributed by atoms with E-state index < -0.39 is 18.9 Å². The van der Waals surface area contributed by atoms with Gasteiger partial charge >= 0.3 is 0 Å². The maximum absolute atomic E-state index is 13.2. The number of benzene rings is 2. The zero-order chi connectivity index (χ0) is 26.8. The molecule has 0 unspecified atom stereocenters. The normalized spacial score (nSPS) is 16.6. The fraction of sp³-hybridized carbons (Fsp3) is 0.333. The van der Waals surface area contributed by atoms with Crippen LogP contribution in [0.3, 0.4) is 0 Å². The van der Waals surface area contributed by atoms with Crippen LogP contribution >= 0.6 is 11.6 Å². The molecule has 3 heterocycles. The van der Waals surface area contributed by atoms with E-state index in [0.29, 0.717) is 53.1 Å². The van der Waals surface area contributed by atoms with Gasteiger partial charge in [-0.2, -0.15) is 0 Å². The highest BCUT2D eigenvalue weighted by molar-refractivity contribution is 6.32. The number of aliphatic hydroxyl groups excluding tert-OH is 1. The number of hydrogen-bond donors (Lipinski definition) is 4. The average Bonchev–Trinajstić information content (AvgIpc) is 3.36. The first kappa shape index (κ1) is 26.0. The van der Waals surface area contributed by atoms with Crippen LogP contribution in [-0.2, 0) is 4.74 Å². The molecular formula is C27H29ClFN5O4. The second-order valence-corrected chi connectivity index (χ2v) is 9.63. The van der Waals surface area contributed by atoms with Crippen LogP contribution in [-0.4, -0.2) is 66.2 Å². The van der Waals surface area contributed by atoms with Gasteiger partial charge in [0.15, 0.2) is 0 Å². The Morgan fingerprint density at radius 2 is 2.18 bits per heavy atom. The highest BCUT2D eigenvalue weighted by Crippen LogP contribution is 2.31. The summed E-state index contributed by atoms with van der Waals surface area (Å²) in [5.41, 5.74) is 4.50. The number of hydrogen-bond acceptors (Lipinski definition) is 7. The third kappa shape index (κ3) is 5.20. The number of aromatic amines is 2. The summed E-state index contributed by atoms with van der Waals surface area (Å²) in [6.07, 6.45) is 0.210. The topological polar surface area (TPSA) is 116 Å². The number of methoxy groups -OCH3 is 1. The van der Waals surface area contributed by atoms with E-state index in [1.54, 1.807) is 24.3 Å². The molecule has 0 amide bonds. The molecule has 2 atom stereocenters. The number of aromatic nitrogens is 3. The summed E-state index contributed by atoms with van der Waals surface area (Å²) < 4.78 is 23.8. The number of morpholine rings is 1. The van der Waals surface area contributed by atoms with Gasteiger partial charge < -0.3 is 34.8 Å². The number of aliphatic hydroxyl groups is 1. The number of nitrogens with zero attached hydrogens (tertiary/aromatic N) is 2. The van der Waals surface area contributed by atoms with Crippen molar-refractivity contribution in [1.82, 2.24) is 15.0 Å². The van der Waals surface area contributed by atoms with Crippen molar-refractivity contribution in [3.63, 3.8) is 0 Å². The average molecular weight is 542 g/mol. The van der Waals surface area contributed by atoms with E-state index in [1.807, 2.05) is 19.1 Å². The molecule has 4 aromatic rings. The lowest BCUT2D eigenvalue weighted by atomic mass is 10.1. The molecule has 1 fully saturated rings. The SMILES string of the molecule is COc1ccc([C@@H](O)CNc2cc[nH]c(=O)c2-c2nc3c(C)cc(N4CCO[C@@H](CF)C4)cc3[nH]2)cc1Cl. The second-order valence-electron chi connectivity index (χ2n) is 9.22. The number of aryl methyl sites for hydroxylation is 1. The highest BCUT2D eigenvalue weighted by Gasteiger charge is 2.22. The van der Waals surface area contributed by atoms with E-state index >= 15 is 0 Å². The molecule has 2 aromatic heterocycles. The molecule has 4 N–H and O–H groups in total. The van der Waals surface area contributed by atoms with Crippen molar-refractivity contribution in [2.24, 2.45) is 0 Å². The Kier molecular flexibility index (Phi) is 7.55. The smallest absolute Gasteiger partial charge is 0.261 e. The number of rotatable bonds is 8. The van der Waals surface area contributed by atoms with Gasteiger partial charge in [0.2, 0.25) is 0 Å². The monoisotopic (exact) mass is 541 g/mol. The Morgan fingerprint density at radius 1 is 1.34 bits per heavy atom. The molecule has 1 saturated heterocycles. The molecule has 11 heteroatoms. The summed E-state index contributed by atoms with van der Waals surface area (Å²) in [7, 11) is 1.53. The molecule has 0 spiro atoms. The highest BCUT2D eigenvalue weighted by atomic mass is 35.5. The van der Waals surface area contributed by atoms with Crippen molar-refractivity contribution < 1.29 is 19.0 Å². The zero-order valence-electron chi connectivity index (χ0n) is 21.1. The van der Waals surface area contributed by atoms with Gasteiger partial charge in [-0.05, 0) is 48.4 Å². The van der Waals surface area contributed by atoms with Crippen LogP contribution in [0.2, 0.25) is 5.02 Å². The number of pyridine rings is 1. The molecule has 0 saturated carbocycles. The largest absolute Gasteiger partial charge is 0.495 e. The van der Waals surface area contributed by atoms with Gasteiger partial charge in [-0.15, -0.1) is 0 Å². The molecule has 38 heavy (non-hydrogen) atoms. The first-order valence-electron chi connectivity index (χ1n) is 12.3. The van der Waals surface area contributed by atoms with Gasteiger partial charge in [-0.25, -0.2) is 9.37 Å². The predicted octanol–water partition coefficient (Wildman–Crippen LogP) is 4.21. The summed E-state index contributed by atoms with van der Waals surface area (Å²) in [6.45, 7) is 3.15. The summed E-state index contributed by atoms with van der Waals surface area (Å²) in [4.78, 5) is 25.7. The van der Waals surface area contributed by atoms with E-state index in [0.717, 1.165) is 22.3 Å². The fourth-order valence-electron chi connectivity index (χ4n) is 4.70. The van der Waals surface area contributed by atoms with Crippen molar-refractivity contribution >= 4 is 34.0 Å². The van der Waals surface area contributed by atoms with Crippen LogP contribution in [0.25, 0.3) is 22.4 Å². The zero-order valence-corrected chi connectivity index (χ0v) is 21.8. The van der Waals surface area contributed by atoms with Crippen LogP contribution in [0.5, 0.6) is 5.75 Å². The first-order chi connectivity index (χ1) is 18.4. The van der Waals surface area contributed by atoms with Gasteiger partial charge in [-0.1, -0.05) is 17.7 Å². The molecule has 1 aliphatic heterocycles. The number of alkyl halides is 1. The minimum Gasteiger partial charge on any atom is -0.495 e. The number of imidazole rings is 1. The van der Waals surface area contributed by atoms with Crippen molar-refractivity contribution in [1.29, 1.82) is 0 Å². The Labute approximate surface area is 223 Å². The maximum atomic E-state index is 13.2. The third-order valence-electron chi connectivity index (χ3n) is 6.68. The number of H-pyrrole nitrogens is 2. The minimum absolute atomic E-state index is 0.134. The number of halogens is 2. The molecule has 1 aliphatic rings. The van der Waals surface area contributed by atoms with E-state index in [2.05, 4.69) is 20.2 Å². The van der Waals surface area contributed by atoms with Crippen molar-refractivity contribution in [2.75, 3.05) is 50.2 Å². The summed E-state index contributed by atoms with van der Waals surface area (Å²) in [6, 6.07) is 10.8. The van der Waals surface area contributed by atoms with Crippen LogP contribution in [0.15, 0.2) is 47.4 Å². The fourth-order valence-corrected chi connectivity index (χ4v) is 4.96. The van der Waals surface area contributed by atoms with Gasteiger partial charge in [0.1, 0.15) is 29.9 Å². The quantitative estimate of drug-likeness (QED) is 0.264. The van der Waals surface area contributed by atoms with E-state index in [9.17, 15) is 14.3 Å². The number of anilines is 2. The molecule has 0 aliphatic carbocycles. The van der Waals surface area contributed by atoms with Crippen LogP contribution < -0.4 is 20.5 Å². The number of fused-ring (bicyclic) bond motifs is 1. The van der Waals surface area contributed by atoms with Gasteiger partial charge in [-0.3, -0.25) is 4.79 Å². The van der Waals surface area contributed by atoms with Gasteiger partial charge in [0.25, 0.3) is 5.56 Å². The number of nitrogens with one attached hydrogen (secondary N) is 3. The van der Waals surface area contributed by atoms with E-state index in [1.165, 1.54) is 13.3 Å². The van der Waals surface area contributed by atoms with E-state index in [-0.39, 0.29) is 12.1 Å². The van der Waals surface area contributed by atoms with E-state index in [4.69, 9.17) is 26.1 Å². The van der Waals surface area contributed by atoms with Gasteiger partial charge in [0, 0.05) is 31.5 Å². The summed E-state index contributed by atoms with van der Waals surface area (Å²) in [5, 5.41) is 14.3.